The number of anilines is 1. The van der Waals surface area contributed by atoms with Crippen LogP contribution in [0.15, 0.2) is 54.2 Å². The van der Waals surface area contributed by atoms with Gasteiger partial charge in [0.15, 0.2) is 11.5 Å². The Kier molecular flexibility index (Phi) is 4.95. The molecule has 0 atom stereocenters. The number of H-pyrrole nitrogens is 1. The van der Waals surface area contributed by atoms with Crippen LogP contribution in [0.25, 0.3) is 17.3 Å². The molecule has 4 rings (SSSR count). The highest BCUT2D eigenvalue weighted by molar-refractivity contribution is 6.10. The second-order valence-corrected chi connectivity index (χ2v) is 6.19. The molecule has 0 radical (unpaired) electrons. The number of amides is 1. The number of hydrogen-bond donors (Lipinski definition) is 2. The van der Waals surface area contributed by atoms with Crippen LogP contribution in [0.2, 0.25) is 0 Å². The normalized spacial score (nSPS) is 12.9. The minimum Gasteiger partial charge on any atom is -0.486 e. The molecule has 7 nitrogen and oxygen atoms in total. The van der Waals surface area contributed by atoms with Gasteiger partial charge in [-0.05, 0) is 42.5 Å². The Morgan fingerprint density at radius 2 is 1.93 bits per heavy atom. The molecular weight excluding hydrogens is 375 g/mol. The van der Waals surface area contributed by atoms with Crippen molar-refractivity contribution in [3.05, 3.63) is 65.6 Å². The molecule has 0 aliphatic carbocycles. The number of nitrogens with zero attached hydrogens (tertiary/aromatic N) is 2. The predicted octanol–water partition coefficient (Wildman–Crippen LogP) is 3.53. The van der Waals surface area contributed by atoms with Gasteiger partial charge in [-0.25, -0.2) is 4.39 Å². The lowest BCUT2D eigenvalue weighted by Crippen LogP contribution is -2.17. The van der Waals surface area contributed by atoms with Crippen LogP contribution in [-0.4, -0.2) is 29.3 Å². The molecule has 1 aromatic heterocycles. The summed E-state index contributed by atoms with van der Waals surface area (Å²) in [6, 6.07) is 12.7. The predicted molar refractivity (Wildman–Crippen MR) is 104 cm³/mol. The van der Waals surface area contributed by atoms with Crippen molar-refractivity contribution in [2.45, 2.75) is 0 Å². The highest BCUT2D eigenvalue weighted by Crippen LogP contribution is 2.32. The summed E-state index contributed by atoms with van der Waals surface area (Å²) < 4.78 is 24.1. The average molecular weight is 390 g/mol. The topological polar surface area (TPSA) is 100 Å². The SMILES string of the molecule is N#C/C(=C\c1cn[nH]c1-c1ccc(F)cc1)C(=O)Nc1ccc2c(c1)OCCO2. The number of aromatic nitrogens is 2. The van der Waals surface area contributed by atoms with Crippen molar-refractivity contribution in [2.24, 2.45) is 0 Å². The zero-order chi connectivity index (χ0) is 20.2. The molecule has 0 saturated heterocycles. The maximum absolute atomic E-state index is 13.2. The quantitative estimate of drug-likeness (QED) is 0.524. The summed E-state index contributed by atoms with van der Waals surface area (Å²) in [5, 5.41) is 18.9. The fourth-order valence-corrected chi connectivity index (χ4v) is 2.88. The van der Waals surface area contributed by atoms with E-state index < -0.39 is 5.91 Å². The lowest BCUT2D eigenvalue weighted by atomic mass is 10.1. The summed E-state index contributed by atoms with van der Waals surface area (Å²) in [6.45, 7) is 0.904. The van der Waals surface area contributed by atoms with Crippen LogP contribution in [0.4, 0.5) is 10.1 Å². The molecule has 144 valence electrons. The Hall–Kier alpha value is -4.12. The largest absolute Gasteiger partial charge is 0.486 e. The monoisotopic (exact) mass is 390 g/mol. The molecule has 2 aromatic carbocycles. The van der Waals surface area contributed by atoms with E-state index in [1.54, 1.807) is 30.3 Å². The van der Waals surface area contributed by atoms with Gasteiger partial charge < -0.3 is 14.8 Å². The van der Waals surface area contributed by atoms with E-state index >= 15 is 0 Å². The van der Waals surface area contributed by atoms with Crippen LogP contribution in [0.3, 0.4) is 0 Å². The lowest BCUT2D eigenvalue weighted by molar-refractivity contribution is -0.112. The van der Waals surface area contributed by atoms with Gasteiger partial charge in [-0.15, -0.1) is 0 Å². The minimum absolute atomic E-state index is 0.107. The molecule has 8 heteroatoms. The number of nitriles is 1. The lowest BCUT2D eigenvalue weighted by Gasteiger charge is -2.18. The first kappa shape index (κ1) is 18.3. The van der Waals surface area contributed by atoms with Crippen molar-refractivity contribution in [3.8, 4) is 28.8 Å². The third-order valence-electron chi connectivity index (χ3n) is 4.27. The number of nitrogens with one attached hydrogen (secondary N) is 2. The molecule has 0 saturated carbocycles. The summed E-state index contributed by atoms with van der Waals surface area (Å²) >= 11 is 0. The first-order chi connectivity index (χ1) is 14.1. The maximum atomic E-state index is 13.2. The van der Waals surface area contributed by atoms with Gasteiger partial charge >= 0.3 is 0 Å². The number of benzene rings is 2. The van der Waals surface area contributed by atoms with E-state index in [9.17, 15) is 14.4 Å². The van der Waals surface area contributed by atoms with Crippen molar-refractivity contribution in [2.75, 3.05) is 18.5 Å². The van der Waals surface area contributed by atoms with Crippen LogP contribution in [0.1, 0.15) is 5.56 Å². The van der Waals surface area contributed by atoms with Crippen molar-refractivity contribution in [3.63, 3.8) is 0 Å². The van der Waals surface area contributed by atoms with E-state index in [1.807, 2.05) is 6.07 Å². The Bertz CT molecular complexity index is 1130. The molecule has 0 fully saturated rings. The maximum Gasteiger partial charge on any atom is 0.266 e. The van der Waals surface area contributed by atoms with E-state index in [0.717, 1.165) is 0 Å². The number of aromatic amines is 1. The molecule has 1 amide bonds. The van der Waals surface area contributed by atoms with Gasteiger partial charge in [0, 0.05) is 22.9 Å². The molecular formula is C21H15FN4O3. The summed E-state index contributed by atoms with van der Waals surface area (Å²) in [5.74, 6) is 0.204. The van der Waals surface area contributed by atoms with E-state index in [2.05, 4.69) is 15.5 Å². The Morgan fingerprint density at radius 1 is 1.17 bits per heavy atom. The molecule has 0 unspecified atom stereocenters. The summed E-state index contributed by atoms with van der Waals surface area (Å²) in [5.41, 5.74) is 2.16. The number of rotatable bonds is 4. The van der Waals surface area contributed by atoms with Crippen molar-refractivity contribution < 1.29 is 18.7 Å². The number of fused-ring (bicyclic) bond motifs is 1. The molecule has 3 aromatic rings. The summed E-state index contributed by atoms with van der Waals surface area (Å²) in [6.07, 6.45) is 2.92. The van der Waals surface area contributed by atoms with Crippen molar-refractivity contribution in [1.82, 2.24) is 10.2 Å². The fraction of sp³-hybridized carbons (Fsp3) is 0.0952. The van der Waals surface area contributed by atoms with Gasteiger partial charge in [0.2, 0.25) is 0 Å². The smallest absolute Gasteiger partial charge is 0.266 e. The third-order valence-corrected chi connectivity index (χ3v) is 4.27. The molecule has 0 spiro atoms. The molecule has 0 bridgehead atoms. The van der Waals surface area contributed by atoms with Crippen LogP contribution in [0.5, 0.6) is 11.5 Å². The summed E-state index contributed by atoms with van der Waals surface area (Å²) in [4.78, 5) is 12.6. The van der Waals surface area contributed by atoms with Crippen LogP contribution in [-0.2, 0) is 4.79 Å². The van der Waals surface area contributed by atoms with E-state index in [1.165, 1.54) is 24.4 Å². The highest BCUT2D eigenvalue weighted by atomic mass is 19.1. The van der Waals surface area contributed by atoms with Crippen LogP contribution >= 0.6 is 0 Å². The molecule has 1 aliphatic rings. The Labute approximate surface area is 165 Å². The van der Waals surface area contributed by atoms with E-state index in [-0.39, 0.29) is 11.4 Å². The molecule has 29 heavy (non-hydrogen) atoms. The van der Waals surface area contributed by atoms with Gasteiger partial charge in [-0.1, -0.05) is 0 Å². The van der Waals surface area contributed by atoms with Crippen LogP contribution < -0.4 is 14.8 Å². The first-order valence-corrected chi connectivity index (χ1v) is 8.76. The second-order valence-electron chi connectivity index (χ2n) is 6.19. The van der Waals surface area contributed by atoms with Gasteiger partial charge in [0.1, 0.15) is 30.7 Å². The number of halogens is 1. The van der Waals surface area contributed by atoms with Gasteiger partial charge in [0.05, 0.1) is 11.9 Å². The minimum atomic E-state index is -0.574. The van der Waals surface area contributed by atoms with E-state index in [4.69, 9.17) is 9.47 Å². The average Bonchev–Trinajstić information content (AvgIpc) is 3.20. The summed E-state index contributed by atoms with van der Waals surface area (Å²) in [7, 11) is 0. The van der Waals surface area contributed by atoms with Crippen molar-refractivity contribution >= 4 is 17.7 Å². The number of carbonyl (C=O) groups is 1. The highest BCUT2D eigenvalue weighted by Gasteiger charge is 2.16. The zero-order valence-corrected chi connectivity index (χ0v) is 15.1. The standard InChI is InChI=1S/C21H15FN4O3/c22-16-3-1-13(2-4-16)20-15(12-24-26-20)9-14(11-23)21(27)25-17-5-6-18-19(10-17)29-8-7-28-18/h1-6,9-10,12H,7-8H2,(H,24,26)(H,25,27)/b14-9+. The third kappa shape index (κ3) is 3.94. The zero-order valence-electron chi connectivity index (χ0n) is 15.1. The Morgan fingerprint density at radius 3 is 2.69 bits per heavy atom. The van der Waals surface area contributed by atoms with Gasteiger partial charge in [0.25, 0.3) is 5.91 Å². The Balaban J connectivity index is 1.57. The fourth-order valence-electron chi connectivity index (χ4n) is 2.88. The molecule has 1 aliphatic heterocycles. The van der Waals surface area contributed by atoms with Crippen molar-refractivity contribution in [1.29, 1.82) is 5.26 Å². The van der Waals surface area contributed by atoms with E-state index in [0.29, 0.717) is 47.2 Å². The number of ether oxygens (including phenoxy) is 2. The number of carbonyl (C=O) groups excluding carboxylic acids is 1. The van der Waals surface area contributed by atoms with Crippen LogP contribution in [0, 0.1) is 17.1 Å². The van der Waals surface area contributed by atoms with Gasteiger partial charge in [-0.2, -0.15) is 10.4 Å². The number of hydrogen-bond acceptors (Lipinski definition) is 5. The first-order valence-electron chi connectivity index (χ1n) is 8.76. The second kappa shape index (κ2) is 7.86. The van der Waals surface area contributed by atoms with Gasteiger partial charge in [-0.3, -0.25) is 9.89 Å². The molecule has 2 N–H and O–H groups in total. The molecule has 2 heterocycles.